The van der Waals surface area contributed by atoms with E-state index in [1.165, 1.54) is 11.3 Å². The van der Waals surface area contributed by atoms with Crippen LogP contribution in [0.3, 0.4) is 0 Å². The zero-order valence-electron chi connectivity index (χ0n) is 6.08. The van der Waals surface area contributed by atoms with Crippen molar-refractivity contribution in [2.24, 2.45) is 0 Å². The third-order valence-corrected chi connectivity index (χ3v) is 2.19. The van der Waals surface area contributed by atoms with E-state index >= 15 is 0 Å². The van der Waals surface area contributed by atoms with Gasteiger partial charge in [-0.15, -0.1) is 11.3 Å². The first-order chi connectivity index (χ1) is 5.68. The summed E-state index contributed by atoms with van der Waals surface area (Å²) >= 11 is 6.95. The van der Waals surface area contributed by atoms with E-state index < -0.39 is 5.97 Å². The van der Waals surface area contributed by atoms with E-state index in [-0.39, 0.29) is 6.54 Å². The van der Waals surface area contributed by atoms with Crippen LogP contribution < -0.4 is 5.32 Å². The molecule has 1 aromatic rings. The number of halogens is 1. The summed E-state index contributed by atoms with van der Waals surface area (Å²) in [5, 5.41) is 11.8. The lowest BCUT2D eigenvalue weighted by atomic mass is 10.6. The van der Waals surface area contributed by atoms with E-state index in [0.717, 1.165) is 5.01 Å². The first-order valence-electron chi connectivity index (χ1n) is 3.21. The molecule has 0 radical (unpaired) electrons. The topological polar surface area (TPSA) is 62.2 Å². The van der Waals surface area contributed by atoms with Gasteiger partial charge in [0.2, 0.25) is 0 Å². The summed E-state index contributed by atoms with van der Waals surface area (Å²) in [6.07, 6.45) is 1.55. The van der Waals surface area contributed by atoms with Gasteiger partial charge < -0.3 is 10.4 Å². The number of carbonyl (C=O) groups is 1. The average Bonchev–Trinajstić information content (AvgIpc) is 2.35. The van der Waals surface area contributed by atoms with Gasteiger partial charge in [-0.25, -0.2) is 4.98 Å². The quantitative estimate of drug-likeness (QED) is 0.771. The van der Waals surface area contributed by atoms with Crippen LogP contribution in [0.5, 0.6) is 0 Å². The fraction of sp³-hybridized carbons (Fsp3) is 0.333. The monoisotopic (exact) mass is 206 g/mol. The van der Waals surface area contributed by atoms with Gasteiger partial charge in [-0.2, -0.15) is 0 Å². The van der Waals surface area contributed by atoms with E-state index in [1.807, 2.05) is 0 Å². The smallest absolute Gasteiger partial charge is 0.317 e. The predicted molar refractivity (Wildman–Crippen MR) is 46.5 cm³/mol. The minimum Gasteiger partial charge on any atom is -0.480 e. The highest BCUT2D eigenvalue weighted by Crippen LogP contribution is 2.17. The first kappa shape index (κ1) is 9.44. The number of aromatic nitrogens is 1. The van der Waals surface area contributed by atoms with Crippen LogP contribution in [0.1, 0.15) is 5.01 Å². The third kappa shape index (κ3) is 3.17. The molecule has 1 aromatic heterocycles. The van der Waals surface area contributed by atoms with Crippen LogP contribution in [0, 0.1) is 0 Å². The third-order valence-electron chi connectivity index (χ3n) is 1.08. The number of nitrogens with one attached hydrogen (secondary N) is 1. The molecule has 4 nitrogen and oxygen atoms in total. The van der Waals surface area contributed by atoms with Crippen LogP contribution in [-0.2, 0) is 11.3 Å². The molecule has 0 bridgehead atoms. The number of aliphatic carboxylic acids is 1. The molecule has 0 saturated carbocycles. The average molecular weight is 207 g/mol. The molecule has 0 atom stereocenters. The molecule has 0 saturated heterocycles. The minimum atomic E-state index is -0.877. The number of carboxylic acids is 1. The van der Waals surface area contributed by atoms with Crippen LogP contribution in [0.25, 0.3) is 0 Å². The van der Waals surface area contributed by atoms with Crippen molar-refractivity contribution in [2.75, 3.05) is 6.54 Å². The number of hydrogen-bond donors (Lipinski definition) is 2. The lowest BCUT2D eigenvalue weighted by Gasteiger charge is -1.95. The molecule has 66 valence electrons. The second-order valence-electron chi connectivity index (χ2n) is 2.06. The number of rotatable bonds is 4. The second-order valence-corrected chi connectivity index (χ2v) is 3.80. The van der Waals surface area contributed by atoms with Gasteiger partial charge in [0.1, 0.15) is 9.34 Å². The van der Waals surface area contributed by atoms with Crippen LogP contribution in [0.2, 0.25) is 4.34 Å². The van der Waals surface area contributed by atoms with Gasteiger partial charge in [-0.3, -0.25) is 4.79 Å². The maximum atomic E-state index is 10.1. The molecule has 12 heavy (non-hydrogen) atoms. The van der Waals surface area contributed by atoms with Crippen LogP contribution in [-0.4, -0.2) is 22.6 Å². The van der Waals surface area contributed by atoms with Crippen molar-refractivity contribution in [3.63, 3.8) is 0 Å². The highest BCUT2D eigenvalue weighted by atomic mass is 35.5. The van der Waals surface area contributed by atoms with E-state index in [9.17, 15) is 4.79 Å². The number of carboxylic acid groups (broad SMARTS) is 1. The molecular weight excluding hydrogens is 200 g/mol. The zero-order valence-corrected chi connectivity index (χ0v) is 7.65. The van der Waals surface area contributed by atoms with E-state index in [4.69, 9.17) is 16.7 Å². The summed E-state index contributed by atoms with van der Waals surface area (Å²) in [7, 11) is 0. The van der Waals surface area contributed by atoms with E-state index in [2.05, 4.69) is 10.3 Å². The normalized spacial score (nSPS) is 10.1. The summed E-state index contributed by atoms with van der Waals surface area (Å²) in [6, 6.07) is 0. The molecule has 1 heterocycles. The van der Waals surface area contributed by atoms with Gasteiger partial charge in [0.05, 0.1) is 12.7 Å². The van der Waals surface area contributed by atoms with Crippen molar-refractivity contribution in [3.05, 3.63) is 15.5 Å². The molecule has 0 spiro atoms. The number of nitrogens with zero attached hydrogens (tertiary/aromatic N) is 1. The van der Waals surface area contributed by atoms with Gasteiger partial charge in [0.25, 0.3) is 0 Å². The van der Waals surface area contributed by atoms with Crippen LogP contribution >= 0.6 is 22.9 Å². The standard InChI is InChI=1S/C6H7ClN2O2S/c7-4-1-9-5(12-4)2-8-3-6(10)11/h1,8H,2-3H2,(H,10,11). The van der Waals surface area contributed by atoms with Gasteiger partial charge in [-0.05, 0) is 0 Å². The van der Waals surface area contributed by atoms with Crippen molar-refractivity contribution in [1.82, 2.24) is 10.3 Å². The van der Waals surface area contributed by atoms with Gasteiger partial charge in [0, 0.05) is 6.54 Å². The summed E-state index contributed by atoms with van der Waals surface area (Å²) in [5.74, 6) is -0.877. The Hall–Kier alpha value is -0.650. The summed E-state index contributed by atoms with van der Waals surface area (Å²) < 4.78 is 0.613. The minimum absolute atomic E-state index is 0.0583. The Morgan fingerprint density at radius 2 is 2.58 bits per heavy atom. The van der Waals surface area contributed by atoms with Crippen LogP contribution in [0.4, 0.5) is 0 Å². The Labute approximate surface area is 78.2 Å². The van der Waals surface area contributed by atoms with Crippen molar-refractivity contribution < 1.29 is 9.90 Å². The molecule has 0 fully saturated rings. The predicted octanol–water partition coefficient (Wildman–Crippen LogP) is 0.971. The molecular formula is C6H7ClN2O2S. The van der Waals surface area contributed by atoms with Gasteiger partial charge >= 0.3 is 5.97 Å². The molecule has 1 rings (SSSR count). The maximum absolute atomic E-state index is 10.1. The molecule has 0 aliphatic rings. The Bertz CT molecular complexity index is 276. The number of hydrogen-bond acceptors (Lipinski definition) is 4. The van der Waals surface area contributed by atoms with Gasteiger partial charge in [0.15, 0.2) is 0 Å². The summed E-state index contributed by atoms with van der Waals surface area (Å²) in [6.45, 7) is 0.390. The van der Waals surface area contributed by atoms with Crippen molar-refractivity contribution in [3.8, 4) is 0 Å². The van der Waals surface area contributed by atoms with Gasteiger partial charge in [-0.1, -0.05) is 11.6 Å². The SMILES string of the molecule is O=C(O)CNCc1ncc(Cl)s1. The fourth-order valence-corrected chi connectivity index (χ4v) is 1.57. The molecule has 0 aliphatic carbocycles. The highest BCUT2D eigenvalue weighted by molar-refractivity contribution is 7.15. The second kappa shape index (κ2) is 4.39. The highest BCUT2D eigenvalue weighted by Gasteiger charge is 2.00. The lowest BCUT2D eigenvalue weighted by molar-refractivity contribution is -0.135. The molecule has 0 unspecified atom stereocenters. The molecule has 0 amide bonds. The molecule has 0 aliphatic heterocycles. The Morgan fingerprint density at radius 1 is 1.83 bits per heavy atom. The zero-order chi connectivity index (χ0) is 8.97. The summed E-state index contributed by atoms with van der Waals surface area (Å²) in [5.41, 5.74) is 0. The van der Waals surface area contributed by atoms with Crippen molar-refractivity contribution in [1.29, 1.82) is 0 Å². The van der Waals surface area contributed by atoms with E-state index in [1.54, 1.807) is 6.20 Å². The van der Waals surface area contributed by atoms with E-state index in [0.29, 0.717) is 10.9 Å². The lowest BCUT2D eigenvalue weighted by Crippen LogP contribution is -2.21. The maximum Gasteiger partial charge on any atom is 0.317 e. The van der Waals surface area contributed by atoms with Crippen molar-refractivity contribution >= 4 is 28.9 Å². The van der Waals surface area contributed by atoms with Crippen LogP contribution in [0.15, 0.2) is 6.20 Å². The largest absolute Gasteiger partial charge is 0.480 e. The Kier molecular flexibility index (Phi) is 3.46. The Balaban J connectivity index is 2.29. The van der Waals surface area contributed by atoms with Crippen molar-refractivity contribution in [2.45, 2.75) is 6.54 Å². The Morgan fingerprint density at radius 3 is 3.08 bits per heavy atom. The molecule has 2 N–H and O–H groups in total. The molecule has 6 heteroatoms. The molecule has 0 aromatic carbocycles. The number of thiazole rings is 1. The summed E-state index contributed by atoms with van der Waals surface area (Å²) in [4.78, 5) is 14.0. The fourth-order valence-electron chi connectivity index (χ4n) is 0.646. The first-order valence-corrected chi connectivity index (χ1v) is 4.40.